The molecule has 0 amide bonds. The van der Waals surface area contributed by atoms with Crippen molar-refractivity contribution in [1.82, 2.24) is 9.55 Å². The third-order valence-electron chi connectivity index (χ3n) is 5.91. The van der Waals surface area contributed by atoms with Gasteiger partial charge in [0.15, 0.2) is 0 Å². The highest BCUT2D eigenvalue weighted by molar-refractivity contribution is 5.84. The number of nitro benzene ring substituents is 1. The third-order valence-corrected chi connectivity index (χ3v) is 5.91. The molecule has 0 saturated carbocycles. The highest BCUT2D eigenvalue weighted by Gasteiger charge is 2.23. The molecule has 0 aliphatic carbocycles. The SMILES string of the molecule is CN(C)c1ccc(-c2nc(-c3ccccc3)c(-c3ccccc3)n2-c2cccc([N+](=O)[O-])c2)cc1. The van der Waals surface area contributed by atoms with Gasteiger partial charge in [-0.1, -0.05) is 66.7 Å². The summed E-state index contributed by atoms with van der Waals surface area (Å²) in [7, 11) is 4.00. The first kappa shape index (κ1) is 22.1. The van der Waals surface area contributed by atoms with E-state index in [1.807, 2.05) is 115 Å². The van der Waals surface area contributed by atoms with E-state index in [9.17, 15) is 10.1 Å². The van der Waals surface area contributed by atoms with Crippen LogP contribution in [0.4, 0.5) is 11.4 Å². The van der Waals surface area contributed by atoms with Crippen molar-refractivity contribution in [2.24, 2.45) is 0 Å². The van der Waals surface area contributed by atoms with Crippen LogP contribution in [0.3, 0.4) is 0 Å². The zero-order valence-electron chi connectivity index (χ0n) is 19.5. The van der Waals surface area contributed by atoms with Gasteiger partial charge in [0.1, 0.15) is 5.82 Å². The van der Waals surface area contributed by atoms with Gasteiger partial charge in [0, 0.05) is 48.6 Å². The van der Waals surface area contributed by atoms with E-state index in [1.54, 1.807) is 12.1 Å². The molecule has 0 radical (unpaired) electrons. The maximum atomic E-state index is 11.6. The Labute approximate surface area is 203 Å². The van der Waals surface area contributed by atoms with Crippen molar-refractivity contribution in [2.45, 2.75) is 0 Å². The van der Waals surface area contributed by atoms with Gasteiger partial charge in [-0.05, 0) is 30.3 Å². The summed E-state index contributed by atoms with van der Waals surface area (Å²) >= 11 is 0. The van der Waals surface area contributed by atoms with E-state index in [0.717, 1.165) is 33.8 Å². The summed E-state index contributed by atoms with van der Waals surface area (Å²) in [5, 5.41) is 11.6. The summed E-state index contributed by atoms with van der Waals surface area (Å²) in [5.41, 5.74) is 6.35. The van der Waals surface area contributed by atoms with Crippen molar-refractivity contribution in [1.29, 1.82) is 0 Å². The fourth-order valence-corrected chi connectivity index (χ4v) is 4.18. The molecule has 35 heavy (non-hydrogen) atoms. The van der Waals surface area contributed by atoms with Crippen LogP contribution in [0.25, 0.3) is 39.6 Å². The lowest BCUT2D eigenvalue weighted by atomic mass is 10.0. The van der Waals surface area contributed by atoms with Gasteiger partial charge in [-0.25, -0.2) is 4.98 Å². The molecule has 0 spiro atoms. The lowest BCUT2D eigenvalue weighted by molar-refractivity contribution is -0.384. The maximum absolute atomic E-state index is 11.6. The van der Waals surface area contributed by atoms with Gasteiger partial charge in [-0.2, -0.15) is 0 Å². The summed E-state index contributed by atoms with van der Waals surface area (Å²) in [5.74, 6) is 0.716. The van der Waals surface area contributed by atoms with Crippen LogP contribution in [0.15, 0.2) is 109 Å². The van der Waals surface area contributed by atoms with Crippen LogP contribution in [0, 0.1) is 10.1 Å². The van der Waals surface area contributed by atoms with Crippen molar-refractivity contribution >= 4 is 11.4 Å². The first-order valence-corrected chi connectivity index (χ1v) is 11.3. The summed E-state index contributed by atoms with van der Waals surface area (Å²) in [6, 6.07) is 34.9. The number of nitrogens with zero attached hydrogens (tertiary/aromatic N) is 4. The fourth-order valence-electron chi connectivity index (χ4n) is 4.18. The van der Waals surface area contributed by atoms with Gasteiger partial charge in [0.05, 0.1) is 22.0 Å². The first-order valence-electron chi connectivity index (χ1n) is 11.3. The summed E-state index contributed by atoms with van der Waals surface area (Å²) in [6.45, 7) is 0. The van der Waals surface area contributed by atoms with Crippen molar-refractivity contribution in [3.63, 3.8) is 0 Å². The lowest BCUT2D eigenvalue weighted by Gasteiger charge is -2.15. The first-order chi connectivity index (χ1) is 17.0. The Morgan fingerprint density at radius 3 is 1.97 bits per heavy atom. The van der Waals surface area contributed by atoms with E-state index in [-0.39, 0.29) is 10.6 Å². The smallest absolute Gasteiger partial charge is 0.271 e. The molecule has 1 heterocycles. The van der Waals surface area contributed by atoms with Crippen LogP contribution in [-0.2, 0) is 0 Å². The minimum absolute atomic E-state index is 0.0328. The molecule has 0 atom stereocenters. The number of imidazole rings is 1. The molecule has 0 N–H and O–H groups in total. The van der Waals surface area contributed by atoms with Gasteiger partial charge in [-0.15, -0.1) is 0 Å². The Hall–Kier alpha value is -4.71. The molecule has 4 aromatic carbocycles. The predicted octanol–water partition coefficient (Wildman–Crippen LogP) is 6.85. The van der Waals surface area contributed by atoms with E-state index in [2.05, 4.69) is 0 Å². The predicted molar refractivity (Wildman–Crippen MR) is 141 cm³/mol. The average Bonchev–Trinajstić information content (AvgIpc) is 3.30. The monoisotopic (exact) mass is 460 g/mol. The number of benzene rings is 4. The fraction of sp³-hybridized carbons (Fsp3) is 0.0690. The van der Waals surface area contributed by atoms with Crippen LogP contribution in [-0.4, -0.2) is 28.6 Å². The number of rotatable bonds is 6. The highest BCUT2D eigenvalue weighted by Crippen LogP contribution is 2.39. The molecule has 0 fully saturated rings. The van der Waals surface area contributed by atoms with Crippen LogP contribution in [0.1, 0.15) is 0 Å². The Morgan fingerprint density at radius 2 is 1.37 bits per heavy atom. The number of hydrogen-bond acceptors (Lipinski definition) is 4. The summed E-state index contributed by atoms with van der Waals surface area (Å²) < 4.78 is 2.02. The molecular formula is C29H24N4O2. The maximum Gasteiger partial charge on any atom is 0.271 e. The Balaban J connectivity index is 1.85. The molecule has 6 heteroatoms. The quantitative estimate of drug-likeness (QED) is 0.205. The molecule has 6 nitrogen and oxygen atoms in total. The zero-order chi connectivity index (χ0) is 24.4. The number of aromatic nitrogens is 2. The van der Waals surface area contributed by atoms with Crippen LogP contribution in [0.2, 0.25) is 0 Å². The normalized spacial score (nSPS) is 10.8. The standard InChI is InChI=1S/C29H24N4O2/c1-31(2)24-18-16-23(17-19-24)29-30-27(21-10-5-3-6-11-21)28(22-12-7-4-8-13-22)32(29)25-14-9-15-26(20-25)33(34)35/h3-20H,1-2H3. The van der Waals surface area contributed by atoms with Crippen molar-refractivity contribution in [3.05, 3.63) is 119 Å². The second-order valence-corrected chi connectivity index (χ2v) is 8.42. The number of non-ortho nitro benzene ring substituents is 1. The molecule has 5 rings (SSSR count). The number of hydrogen-bond donors (Lipinski definition) is 0. The minimum Gasteiger partial charge on any atom is -0.378 e. The third kappa shape index (κ3) is 4.29. The van der Waals surface area contributed by atoms with Crippen LogP contribution in [0.5, 0.6) is 0 Å². The second-order valence-electron chi connectivity index (χ2n) is 8.42. The molecule has 0 saturated heterocycles. The molecule has 0 bridgehead atoms. The molecule has 1 aromatic heterocycles. The van der Waals surface area contributed by atoms with Gasteiger partial charge in [0.2, 0.25) is 0 Å². The molecule has 0 unspecified atom stereocenters. The van der Waals surface area contributed by atoms with Crippen molar-refractivity contribution < 1.29 is 4.92 Å². The number of anilines is 1. The summed E-state index contributed by atoms with van der Waals surface area (Å²) in [6.07, 6.45) is 0. The van der Waals surface area contributed by atoms with E-state index < -0.39 is 0 Å². The Bertz CT molecular complexity index is 1470. The molecular weight excluding hydrogens is 436 g/mol. The zero-order valence-corrected chi connectivity index (χ0v) is 19.5. The van der Waals surface area contributed by atoms with Gasteiger partial charge in [0.25, 0.3) is 5.69 Å². The molecule has 0 aliphatic rings. The summed E-state index contributed by atoms with van der Waals surface area (Å²) in [4.78, 5) is 18.4. The topological polar surface area (TPSA) is 64.2 Å². The van der Waals surface area contributed by atoms with Crippen LogP contribution >= 0.6 is 0 Å². The Morgan fingerprint density at radius 1 is 0.743 bits per heavy atom. The second kappa shape index (κ2) is 9.27. The average molecular weight is 461 g/mol. The van der Waals surface area contributed by atoms with Crippen molar-refractivity contribution in [2.75, 3.05) is 19.0 Å². The molecule has 172 valence electrons. The van der Waals surface area contributed by atoms with E-state index in [1.165, 1.54) is 6.07 Å². The van der Waals surface area contributed by atoms with E-state index in [0.29, 0.717) is 11.5 Å². The molecule has 5 aromatic rings. The van der Waals surface area contributed by atoms with Crippen LogP contribution < -0.4 is 4.90 Å². The van der Waals surface area contributed by atoms with E-state index in [4.69, 9.17) is 4.98 Å². The van der Waals surface area contributed by atoms with E-state index >= 15 is 0 Å². The van der Waals surface area contributed by atoms with Gasteiger partial charge < -0.3 is 4.90 Å². The molecule has 0 aliphatic heterocycles. The largest absolute Gasteiger partial charge is 0.378 e. The highest BCUT2D eigenvalue weighted by atomic mass is 16.6. The van der Waals surface area contributed by atoms with Gasteiger partial charge >= 0.3 is 0 Å². The lowest BCUT2D eigenvalue weighted by Crippen LogP contribution is -2.08. The van der Waals surface area contributed by atoms with Crippen molar-refractivity contribution in [3.8, 4) is 39.6 Å². The number of nitro groups is 1. The van der Waals surface area contributed by atoms with Gasteiger partial charge in [-0.3, -0.25) is 14.7 Å². The Kier molecular flexibility index (Phi) is 5.85. The minimum atomic E-state index is -0.369.